The lowest BCUT2D eigenvalue weighted by Crippen LogP contribution is -2.12. The molecule has 0 saturated heterocycles. The Bertz CT molecular complexity index is 832. The summed E-state index contributed by atoms with van der Waals surface area (Å²) in [5, 5.41) is 5.03. The van der Waals surface area contributed by atoms with Gasteiger partial charge in [-0.3, -0.25) is 4.79 Å². The van der Waals surface area contributed by atoms with Crippen LogP contribution in [0.5, 0.6) is 0 Å². The summed E-state index contributed by atoms with van der Waals surface area (Å²) in [5.41, 5.74) is 1.39. The molecule has 4 heteroatoms. The minimum atomic E-state index is -0.140. The molecule has 0 bridgehead atoms. The monoisotopic (exact) mass is 357 g/mol. The van der Waals surface area contributed by atoms with Crippen molar-refractivity contribution in [2.24, 2.45) is 0 Å². The molecule has 0 atom stereocenters. The van der Waals surface area contributed by atoms with Gasteiger partial charge in [0, 0.05) is 26.0 Å². The van der Waals surface area contributed by atoms with E-state index in [4.69, 9.17) is 0 Å². The minimum absolute atomic E-state index is 0.140. The third kappa shape index (κ3) is 2.96. The molecule has 0 aliphatic heterocycles. The van der Waals surface area contributed by atoms with Gasteiger partial charge in [0.1, 0.15) is 0 Å². The van der Waals surface area contributed by atoms with Crippen molar-refractivity contribution < 1.29 is 4.79 Å². The molecule has 3 rings (SSSR count). The van der Waals surface area contributed by atoms with Gasteiger partial charge in [-0.15, -0.1) is 12.6 Å². The highest BCUT2D eigenvalue weighted by atomic mass is 79.9. The molecule has 0 heterocycles. The average Bonchev–Trinajstić information content (AvgIpc) is 2.50. The highest BCUT2D eigenvalue weighted by molar-refractivity contribution is 9.10. The van der Waals surface area contributed by atoms with Gasteiger partial charge in [-0.1, -0.05) is 46.3 Å². The lowest BCUT2D eigenvalue weighted by Gasteiger charge is -2.10. The topological polar surface area (TPSA) is 29.1 Å². The Labute approximate surface area is 136 Å². The van der Waals surface area contributed by atoms with Crippen LogP contribution in [0.2, 0.25) is 0 Å². The first kappa shape index (κ1) is 14.2. The standard InChI is InChI=1S/C17H12BrNOS/c18-15-8-9-16(14-7-2-1-6-13(14)15)19-17(20)11-4-3-5-12(21)10-11/h1-10,21H,(H,19,20). The van der Waals surface area contributed by atoms with Crippen molar-refractivity contribution in [3.8, 4) is 0 Å². The molecular formula is C17H12BrNOS. The van der Waals surface area contributed by atoms with E-state index in [1.165, 1.54) is 0 Å². The van der Waals surface area contributed by atoms with Crippen LogP contribution in [0, 0.1) is 0 Å². The SMILES string of the molecule is O=C(Nc1ccc(Br)c2ccccc12)c1cccc(S)c1. The van der Waals surface area contributed by atoms with Gasteiger partial charge in [-0.25, -0.2) is 0 Å². The number of carbonyl (C=O) groups excluding carboxylic acids is 1. The van der Waals surface area contributed by atoms with Crippen molar-refractivity contribution in [3.63, 3.8) is 0 Å². The van der Waals surface area contributed by atoms with E-state index in [-0.39, 0.29) is 5.91 Å². The summed E-state index contributed by atoms with van der Waals surface area (Å²) in [7, 11) is 0. The van der Waals surface area contributed by atoms with E-state index in [9.17, 15) is 4.79 Å². The van der Waals surface area contributed by atoms with Gasteiger partial charge >= 0.3 is 0 Å². The molecule has 0 aliphatic rings. The average molecular weight is 358 g/mol. The van der Waals surface area contributed by atoms with Crippen LogP contribution in [0.1, 0.15) is 10.4 Å². The third-order valence-electron chi connectivity index (χ3n) is 3.23. The quantitative estimate of drug-likeness (QED) is 0.610. The van der Waals surface area contributed by atoms with E-state index < -0.39 is 0 Å². The van der Waals surface area contributed by atoms with Crippen LogP contribution < -0.4 is 5.32 Å². The van der Waals surface area contributed by atoms with Gasteiger partial charge in [-0.05, 0) is 35.7 Å². The fraction of sp³-hybridized carbons (Fsp3) is 0. The first-order valence-electron chi connectivity index (χ1n) is 6.43. The second kappa shape index (κ2) is 5.92. The molecule has 0 fully saturated rings. The highest BCUT2D eigenvalue weighted by Gasteiger charge is 2.09. The molecule has 0 aromatic heterocycles. The Kier molecular flexibility index (Phi) is 3.99. The summed E-state index contributed by atoms with van der Waals surface area (Å²) in [4.78, 5) is 13.1. The number of amides is 1. The maximum Gasteiger partial charge on any atom is 0.255 e. The molecule has 3 aromatic rings. The fourth-order valence-corrected chi connectivity index (χ4v) is 2.92. The zero-order valence-electron chi connectivity index (χ0n) is 11.0. The third-order valence-corrected chi connectivity index (χ3v) is 4.20. The van der Waals surface area contributed by atoms with Crippen molar-refractivity contribution in [1.29, 1.82) is 0 Å². The van der Waals surface area contributed by atoms with Crippen LogP contribution >= 0.6 is 28.6 Å². The molecule has 1 amide bonds. The smallest absolute Gasteiger partial charge is 0.255 e. The molecule has 0 unspecified atom stereocenters. The van der Waals surface area contributed by atoms with Gasteiger partial charge in [0.25, 0.3) is 5.91 Å². The first-order valence-corrected chi connectivity index (χ1v) is 7.67. The number of anilines is 1. The van der Waals surface area contributed by atoms with Gasteiger partial charge < -0.3 is 5.32 Å². The molecular weight excluding hydrogens is 346 g/mol. The Morgan fingerprint density at radius 3 is 2.48 bits per heavy atom. The number of hydrogen-bond acceptors (Lipinski definition) is 2. The number of benzene rings is 3. The zero-order chi connectivity index (χ0) is 14.8. The van der Waals surface area contributed by atoms with Crippen LogP contribution in [-0.2, 0) is 0 Å². The largest absolute Gasteiger partial charge is 0.321 e. The molecule has 104 valence electrons. The number of nitrogens with one attached hydrogen (secondary N) is 1. The molecule has 3 aromatic carbocycles. The lowest BCUT2D eigenvalue weighted by molar-refractivity contribution is 0.102. The maximum atomic E-state index is 12.3. The highest BCUT2D eigenvalue weighted by Crippen LogP contribution is 2.30. The van der Waals surface area contributed by atoms with Gasteiger partial charge in [0.05, 0.1) is 0 Å². The van der Waals surface area contributed by atoms with Crippen LogP contribution in [0.4, 0.5) is 5.69 Å². The molecule has 0 radical (unpaired) electrons. The summed E-state index contributed by atoms with van der Waals surface area (Å²) in [6.45, 7) is 0. The van der Waals surface area contributed by atoms with Crippen molar-refractivity contribution in [3.05, 3.63) is 70.7 Å². The Morgan fingerprint density at radius 1 is 0.952 bits per heavy atom. The molecule has 21 heavy (non-hydrogen) atoms. The molecule has 0 spiro atoms. The second-order valence-corrected chi connectivity index (χ2v) is 6.02. The molecule has 0 saturated carbocycles. The van der Waals surface area contributed by atoms with Crippen molar-refractivity contribution in [2.45, 2.75) is 4.90 Å². The van der Waals surface area contributed by atoms with Crippen LogP contribution in [0.25, 0.3) is 10.8 Å². The summed E-state index contributed by atoms with van der Waals surface area (Å²) in [6, 6.07) is 19.0. The van der Waals surface area contributed by atoms with E-state index in [0.717, 1.165) is 25.8 Å². The number of halogens is 1. The number of thiol groups is 1. The van der Waals surface area contributed by atoms with Gasteiger partial charge in [-0.2, -0.15) is 0 Å². The predicted octanol–water partition coefficient (Wildman–Crippen LogP) is 5.14. The number of rotatable bonds is 2. The van der Waals surface area contributed by atoms with Crippen molar-refractivity contribution in [1.82, 2.24) is 0 Å². The lowest BCUT2D eigenvalue weighted by atomic mass is 10.1. The van der Waals surface area contributed by atoms with E-state index in [1.54, 1.807) is 12.1 Å². The number of carbonyl (C=O) groups is 1. The van der Waals surface area contributed by atoms with Crippen molar-refractivity contribution in [2.75, 3.05) is 5.32 Å². The minimum Gasteiger partial charge on any atom is -0.321 e. The van der Waals surface area contributed by atoms with Gasteiger partial charge in [0.2, 0.25) is 0 Å². The number of hydrogen-bond donors (Lipinski definition) is 2. The summed E-state index contributed by atoms with van der Waals surface area (Å²) >= 11 is 7.79. The van der Waals surface area contributed by atoms with Crippen LogP contribution in [-0.4, -0.2) is 5.91 Å². The Morgan fingerprint density at radius 2 is 1.71 bits per heavy atom. The van der Waals surface area contributed by atoms with E-state index in [0.29, 0.717) is 5.56 Å². The van der Waals surface area contributed by atoms with E-state index >= 15 is 0 Å². The maximum absolute atomic E-state index is 12.3. The van der Waals surface area contributed by atoms with E-state index in [2.05, 4.69) is 33.9 Å². The normalized spacial score (nSPS) is 10.6. The Hall–Kier alpha value is -1.78. The molecule has 2 nitrogen and oxygen atoms in total. The molecule has 0 aliphatic carbocycles. The predicted molar refractivity (Wildman–Crippen MR) is 93.3 cm³/mol. The number of fused-ring (bicyclic) bond motifs is 1. The van der Waals surface area contributed by atoms with Gasteiger partial charge in [0.15, 0.2) is 0 Å². The second-order valence-electron chi connectivity index (χ2n) is 4.64. The Balaban J connectivity index is 1.99. The van der Waals surface area contributed by atoms with E-state index in [1.807, 2.05) is 48.5 Å². The first-order chi connectivity index (χ1) is 10.1. The summed E-state index contributed by atoms with van der Waals surface area (Å²) in [6.07, 6.45) is 0. The fourth-order valence-electron chi connectivity index (χ4n) is 2.21. The van der Waals surface area contributed by atoms with Crippen LogP contribution in [0.15, 0.2) is 70.0 Å². The zero-order valence-corrected chi connectivity index (χ0v) is 13.5. The van der Waals surface area contributed by atoms with Crippen LogP contribution in [0.3, 0.4) is 0 Å². The summed E-state index contributed by atoms with van der Waals surface area (Å²) in [5.74, 6) is -0.140. The summed E-state index contributed by atoms with van der Waals surface area (Å²) < 4.78 is 1.01. The molecule has 1 N–H and O–H groups in total. The van der Waals surface area contributed by atoms with Crippen molar-refractivity contribution >= 4 is 50.9 Å².